The third-order valence-electron chi connectivity index (χ3n) is 11.4. The number of benzene rings is 3. The largest absolute Gasteiger partial charge is 0.497 e. The Balaban J connectivity index is 1.06. The van der Waals surface area contributed by atoms with Gasteiger partial charge in [0, 0.05) is 5.92 Å². The molecule has 4 fully saturated rings. The van der Waals surface area contributed by atoms with Gasteiger partial charge in [0.05, 0.1) is 45.1 Å². The molecule has 1 saturated carbocycles. The molecule has 13 heteroatoms. The Bertz CT molecular complexity index is 2170. The molecule has 13 nitrogen and oxygen atoms in total. The summed E-state index contributed by atoms with van der Waals surface area (Å²) in [6.45, 7) is 7.67. The van der Waals surface area contributed by atoms with Crippen LogP contribution in [0.2, 0.25) is 0 Å². The fraction of sp³-hybridized carbons (Fsp3) is 0.452. The summed E-state index contributed by atoms with van der Waals surface area (Å²) >= 11 is 0. The van der Waals surface area contributed by atoms with E-state index in [4.69, 9.17) is 38.1 Å². The normalized spacial score (nSPS) is 29.4. The molecule has 5 aromatic rings. The third-order valence-corrected chi connectivity index (χ3v) is 11.4. The molecule has 55 heavy (non-hydrogen) atoms. The topological polar surface area (TPSA) is 144 Å². The molecule has 0 unspecified atom stereocenters. The van der Waals surface area contributed by atoms with Crippen molar-refractivity contribution in [1.82, 2.24) is 19.1 Å². The average Bonchev–Trinajstić information content (AvgIpc) is 3.99. The molecule has 0 bridgehead atoms. The fourth-order valence-electron chi connectivity index (χ4n) is 9.06. The molecule has 3 aliphatic heterocycles. The number of methoxy groups -OCH3 is 1. The van der Waals surface area contributed by atoms with Gasteiger partial charge in [-0.1, -0.05) is 72.8 Å². The third kappa shape index (κ3) is 6.09. The number of aliphatic hydroxyl groups excluding tert-OH is 1. The minimum atomic E-state index is -0.946. The monoisotopic (exact) mass is 749 g/mol. The summed E-state index contributed by atoms with van der Waals surface area (Å²) in [5.41, 5.74) is 3.10. The van der Waals surface area contributed by atoms with Gasteiger partial charge in [0.15, 0.2) is 28.9 Å². The lowest BCUT2D eigenvalue weighted by Crippen LogP contribution is -2.37. The fourth-order valence-corrected chi connectivity index (χ4v) is 9.06. The van der Waals surface area contributed by atoms with Gasteiger partial charge in [-0.05, 0) is 62.9 Å². The molecule has 9 rings (SSSR count). The number of rotatable bonds is 10. The van der Waals surface area contributed by atoms with E-state index in [9.17, 15) is 10.5 Å². The Morgan fingerprint density at radius 1 is 0.764 bits per heavy atom. The van der Waals surface area contributed by atoms with E-state index in [1.165, 1.54) is 0 Å². The van der Waals surface area contributed by atoms with Gasteiger partial charge in [0.2, 0.25) is 0 Å². The lowest BCUT2D eigenvalue weighted by atomic mass is 9.80. The summed E-state index contributed by atoms with van der Waals surface area (Å²) in [5.74, 6) is -0.997. The van der Waals surface area contributed by atoms with Gasteiger partial charge in [-0.2, -0.15) is 0 Å². The Morgan fingerprint density at radius 2 is 1.35 bits per heavy atom. The first kappa shape index (κ1) is 36.2. The number of fused-ring (bicyclic) bond motifs is 3. The molecule has 2 N–H and O–H groups in total. The highest BCUT2D eigenvalue weighted by molar-refractivity contribution is 5.68. The predicted octanol–water partition coefficient (Wildman–Crippen LogP) is 5.22. The van der Waals surface area contributed by atoms with Crippen molar-refractivity contribution >= 4 is 11.2 Å². The van der Waals surface area contributed by atoms with E-state index >= 15 is 0 Å². The van der Waals surface area contributed by atoms with Crippen molar-refractivity contribution in [2.24, 2.45) is 5.92 Å². The van der Waals surface area contributed by atoms with E-state index in [1.54, 1.807) is 24.3 Å². The lowest BCUT2D eigenvalue weighted by molar-refractivity contribution is -0.199. The van der Waals surface area contributed by atoms with Crippen LogP contribution in [0.3, 0.4) is 0 Å². The van der Waals surface area contributed by atoms with Crippen molar-refractivity contribution in [3.8, 4) is 5.75 Å². The maximum Gasteiger partial charge on any atom is 0.167 e. The Labute approximate surface area is 319 Å². The van der Waals surface area contributed by atoms with Crippen LogP contribution >= 0.6 is 0 Å². The zero-order valence-corrected chi connectivity index (χ0v) is 31.6. The molecule has 0 radical (unpaired) electrons. The van der Waals surface area contributed by atoms with Crippen molar-refractivity contribution in [3.63, 3.8) is 0 Å². The highest BCUT2D eigenvalue weighted by Gasteiger charge is 2.57. The second kappa shape index (κ2) is 13.6. The summed E-state index contributed by atoms with van der Waals surface area (Å²) in [5, 5.41) is 19.5. The minimum Gasteiger partial charge on any atom is -0.497 e. The highest BCUT2D eigenvalue weighted by atomic mass is 16.8. The Kier molecular flexibility index (Phi) is 8.96. The zero-order chi connectivity index (χ0) is 38.1. The van der Waals surface area contributed by atoms with Crippen LogP contribution in [0.4, 0.5) is 0 Å². The standard InChI is InChI=1S/C42H47N5O8/c1-40(2)52-33-25(22-50-42(26-12-8-6-9-13-26,27-14-10-7-11-15-27)28-16-18-29(49-5)19-17-28)20-30(34(33)53-40)46-24-45-38-32(37(46)43)44-23-47(38)39-36-35(31(21-48)51-39)54-41(3,4)55-36/h6-19,23-25,30-31,33-36,39,43,48H,20-22H2,1-5H3/t25-,30-,31-,33-,34+,35-,36-,39-/m1/s1. The lowest BCUT2D eigenvalue weighted by Gasteiger charge is -2.37. The average molecular weight is 750 g/mol. The Hall–Kier alpha value is -4.47. The maximum absolute atomic E-state index is 10.1. The van der Waals surface area contributed by atoms with E-state index < -0.39 is 41.7 Å². The summed E-state index contributed by atoms with van der Waals surface area (Å²) in [7, 11) is 1.66. The van der Waals surface area contributed by atoms with Gasteiger partial charge in [-0.25, -0.2) is 9.97 Å². The molecule has 0 spiro atoms. The molecule has 0 amide bonds. The van der Waals surface area contributed by atoms with Crippen molar-refractivity contribution in [3.05, 3.63) is 120 Å². The van der Waals surface area contributed by atoms with Gasteiger partial charge in [0.1, 0.15) is 41.3 Å². The number of hydrogen-bond acceptors (Lipinski definition) is 11. The van der Waals surface area contributed by atoms with Gasteiger partial charge >= 0.3 is 0 Å². The van der Waals surface area contributed by atoms with Crippen LogP contribution in [0.25, 0.3) is 11.2 Å². The first-order valence-electron chi connectivity index (χ1n) is 18.9. The number of aromatic nitrogens is 4. The van der Waals surface area contributed by atoms with Crippen molar-refractivity contribution < 1.29 is 38.3 Å². The number of aliphatic hydroxyl groups is 1. The summed E-state index contributed by atoms with van der Waals surface area (Å²) in [4.78, 5) is 9.51. The smallest absolute Gasteiger partial charge is 0.167 e. The van der Waals surface area contributed by atoms with Crippen LogP contribution in [-0.4, -0.2) is 86.6 Å². The summed E-state index contributed by atoms with van der Waals surface area (Å²) in [6, 6.07) is 28.3. The van der Waals surface area contributed by atoms with Crippen LogP contribution in [0.15, 0.2) is 97.6 Å². The summed E-state index contributed by atoms with van der Waals surface area (Å²) in [6.07, 6.45) is 1.12. The molecule has 4 aliphatic rings. The van der Waals surface area contributed by atoms with Crippen LogP contribution in [0, 0.1) is 11.3 Å². The predicted molar refractivity (Wildman–Crippen MR) is 199 cm³/mol. The van der Waals surface area contributed by atoms with Crippen molar-refractivity contribution in [1.29, 1.82) is 5.41 Å². The molecule has 5 heterocycles. The van der Waals surface area contributed by atoms with Crippen LogP contribution in [0.5, 0.6) is 5.75 Å². The number of ether oxygens (including phenoxy) is 7. The zero-order valence-electron chi connectivity index (χ0n) is 31.6. The molecular weight excluding hydrogens is 702 g/mol. The second-order valence-corrected chi connectivity index (χ2v) is 15.7. The molecule has 8 atom stereocenters. The van der Waals surface area contributed by atoms with E-state index in [2.05, 4.69) is 41.4 Å². The number of nitrogens with zero attached hydrogens (tertiary/aromatic N) is 4. The first-order chi connectivity index (χ1) is 26.5. The van der Waals surface area contributed by atoms with Gasteiger partial charge in [0.25, 0.3) is 0 Å². The van der Waals surface area contributed by atoms with E-state index in [0.717, 1.165) is 22.4 Å². The van der Waals surface area contributed by atoms with E-state index in [-0.39, 0.29) is 36.3 Å². The van der Waals surface area contributed by atoms with Crippen molar-refractivity contribution in [2.75, 3.05) is 20.3 Å². The number of nitrogens with one attached hydrogen (secondary N) is 1. The maximum atomic E-state index is 10.1. The van der Waals surface area contributed by atoms with E-state index in [1.807, 2.05) is 80.8 Å². The second-order valence-electron chi connectivity index (χ2n) is 15.7. The molecule has 1 aliphatic carbocycles. The van der Waals surface area contributed by atoms with E-state index in [0.29, 0.717) is 24.2 Å². The van der Waals surface area contributed by atoms with Crippen LogP contribution < -0.4 is 10.2 Å². The minimum absolute atomic E-state index is 0.0934. The molecule has 3 saturated heterocycles. The number of hydrogen-bond donors (Lipinski definition) is 2. The molecule has 288 valence electrons. The van der Waals surface area contributed by atoms with Gasteiger partial charge < -0.3 is 42.8 Å². The Morgan fingerprint density at radius 3 is 1.98 bits per heavy atom. The SMILES string of the molecule is COc1ccc(C(OC[C@H]2C[C@@H](n3cnc4c(ncn4[C@@H]4O[C@H](CO)[C@H]5OC(C)(C)O[C@H]54)c3=N)[C@@H]3OC(C)(C)O[C@H]23)(c2ccccc2)c2ccccc2)cc1. The van der Waals surface area contributed by atoms with Gasteiger partial charge in [-0.3, -0.25) is 9.98 Å². The van der Waals surface area contributed by atoms with Crippen LogP contribution in [0.1, 0.15) is 63.1 Å². The molecular formula is C42H47N5O8. The molecule has 2 aromatic heterocycles. The summed E-state index contributed by atoms with van der Waals surface area (Å²) < 4.78 is 48.2. The number of imidazole rings is 1. The van der Waals surface area contributed by atoms with Gasteiger partial charge in [-0.15, -0.1) is 0 Å². The van der Waals surface area contributed by atoms with Crippen molar-refractivity contribution in [2.45, 2.75) is 94.1 Å². The highest BCUT2D eigenvalue weighted by Crippen LogP contribution is 2.49. The first-order valence-corrected chi connectivity index (χ1v) is 18.9. The molecule has 3 aromatic carbocycles. The van der Waals surface area contributed by atoms with Crippen LogP contribution in [-0.2, 0) is 34.0 Å². The quantitative estimate of drug-likeness (QED) is 0.183.